The SMILES string of the molecule is Cn1cc(Cl)cc1C(=O)NCc1cnn(C)c1N. The molecular formula is C11H14ClN5O. The molecule has 0 aromatic carbocycles. The number of nitrogens with one attached hydrogen (secondary N) is 1. The number of hydrogen-bond donors (Lipinski definition) is 2. The van der Waals surface area contributed by atoms with E-state index in [-0.39, 0.29) is 5.91 Å². The van der Waals surface area contributed by atoms with Gasteiger partial charge in [0.1, 0.15) is 11.5 Å². The zero-order valence-corrected chi connectivity index (χ0v) is 10.9. The van der Waals surface area contributed by atoms with Crippen molar-refractivity contribution in [2.75, 3.05) is 5.73 Å². The highest BCUT2D eigenvalue weighted by molar-refractivity contribution is 6.31. The second-order valence-electron chi connectivity index (χ2n) is 4.02. The normalized spacial score (nSPS) is 10.6. The third-order valence-electron chi connectivity index (χ3n) is 2.71. The van der Waals surface area contributed by atoms with Gasteiger partial charge in [0.25, 0.3) is 5.91 Å². The molecule has 3 N–H and O–H groups in total. The van der Waals surface area contributed by atoms with Gasteiger partial charge in [0, 0.05) is 32.4 Å². The molecule has 2 heterocycles. The molecule has 18 heavy (non-hydrogen) atoms. The molecule has 0 aliphatic rings. The van der Waals surface area contributed by atoms with Gasteiger partial charge in [-0.3, -0.25) is 9.48 Å². The average Bonchev–Trinajstić information content (AvgIpc) is 2.81. The van der Waals surface area contributed by atoms with Gasteiger partial charge in [-0.05, 0) is 6.07 Å². The lowest BCUT2D eigenvalue weighted by Crippen LogP contribution is -2.25. The lowest BCUT2D eigenvalue weighted by atomic mass is 10.3. The van der Waals surface area contributed by atoms with Gasteiger partial charge in [0.05, 0.1) is 11.2 Å². The lowest BCUT2D eigenvalue weighted by Gasteiger charge is -2.05. The van der Waals surface area contributed by atoms with Gasteiger partial charge in [-0.15, -0.1) is 0 Å². The molecule has 0 aliphatic carbocycles. The van der Waals surface area contributed by atoms with Crippen LogP contribution in [0.15, 0.2) is 18.5 Å². The number of amides is 1. The number of nitrogens with two attached hydrogens (primary N) is 1. The molecule has 2 rings (SSSR count). The minimum Gasteiger partial charge on any atom is -0.384 e. The fourth-order valence-corrected chi connectivity index (χ4v) is 1.89. The smallest absolute Gasteiger partial charge is 0.268 e. The summed E-state index contributed by atoms with van der Waals surface area (Å²) in [5.74, 6) is 0.341. The van der Waals surface area contributed by atoms with Crippen LogP contribution in [0.2, 0.25) is 5.02 Å². The molecule has 0 aliphatic heterocycles. The number of aryl methyl sites for hydroxylation is 2. The summed E-state index contributed by atoms with van der Waals surface area (Å²) in [6.45, 7) is 0.335. The van der Waals surface area contributed by atoms with E-state index in [9.17, 15) is 4.79 Å². The topological polar surface area (TPSA) is 77.9 Å². The van der Waals surface area contributed by atoms with Crippen LogP contribution in [0.4, 0.5) is 5.82 Å². The van der Waals surface area contributed by atoms with E-state index in [1.807, 2.05) is 0 Å². The first-order valence-corrected chi connectivity index (χ1v) is 5.73. The minimum absolute atomic E-state index is 0.201. The van der Waals surface area contributed by atoms with Gasteiger partial charge >= 0.3 is 0 Å². The summed E-state index contributed by atoms with van der Waals surface area (Å²) in [5, 5.41) is 7.31. The Hall–Kier alpha value is -1.95. The quantitative estimate of drug-likeness (QED) is 0.868. The molecule has 0 fully saturated rings. The summed E-state index contributed by atoms with van der Waals surface area (Å²) < 4.78 is 3.23. The van der Waals surface area contributed by atoms with Gasteiger partial charge in [-0.25, -0.2) is 0 Å². The Morgan fingerprint density at radius 3 is 2.78 bits per heavy atom. The maximum atomic E-state index is 11.9. The van der Waals surface area contributed by atoms with E-state index in [0.717, 1.165) is 5.56 Å². The Morgan fingerprint density at radius 2 is 2.28 bits per heavy atom. The van der Waals surface area contributed by atoms with Gasteiger partial charge in [-0.1, -0.05) is 11.6 Å². The van der Waals surface area contributed by atoms with Gasteiger partial charge in [0.2, 0.25) is 0 Å². The standard InChI is InChI=1S/C11H14ClN5O/c1-16-6-8(12)3-9(16)11(18)14-4-7-5-15-17(2)10(7)13/h3,5-6H,4,13H2,1-2H3,(H,14,18). The second-order valence-corrected chi connectivity index (χ2v) is 4.45. The van der Waals surface area contributed by atoms with Crippen LogP contribution in [-0.2, 0) is 20.6 Å². The van der Waals surface area contributed by atoms with Crippen LogP contribution in [0.3, 0.4) is 0 Å². The van der Waals surface area contributed by atoms with Gasteiger partial charge in [0.15, 0.2) is 0 Å². The van der Waals surface area contributed by atoms with E-state index >= 15 is 0 Å². The van der Waals surface area contributed by atoms with Crippen molar-refractivity contribution < 1.29 is 4.79 Å². The third-order valence-corrected chi connectivity index (χ3v) is 2.91. The molecule has 1 amide bonds. The average molecular weight is 268 g/mol. The zero-order valence-electron chi connectivity index (χ0n) is 10.1. The molecule has 7 heteroatoms. The summed E-state index contributed by atoms with van der Waals surface area (Å²) in [6, 6.07) is 1.61. The number of rotatable bonds is 3. The summed E-state index contributed by atoms with van der Waals surface area (Å²) in [7, 11) is 3.51. The van der Waals surface area contributed by atoms with Crippen LogP contribution in [0, 0.1) is 0 Å². The van der Waals surface area contributed by atoms with Crippen LogP contribution >= 0.6 is 11.6 Å². The van der Waals surface area contributed by atoms with Gasteiger partial charge in [-0.2, -0.15) is 5.10 Å². The van der Waals surface area contributed by atoms with Crippen molar-refractivity contribution >= 4 is 23.3 Å². The molecule has 0 spiro atoms. The fraction of sp³-hybridized carbons (Fsp3) is 0.273. The first-order valence-electron chi connectivity index (χ1n) is 5.35. The van der Waals surface area contributed by atoms with E-state index in [1.54, 1.807) is 41.8 Å². The monoisotopic (exact) mass is 267 g/mol. The Morgan fingerprint density at radius 1 is 1.56 bits per heavy atom. The molecule has 0 atom stereocenters. The minimum atomic E-state index is -0.201. The molecule has 96 valence electrons. The molecule has 0 radical (unpaired) electrons. The van der Waals surface area contributed by atoms with Crippen molar-refractivity contribution in [1.29, 1.82) is 0 Å². The summed E-state index contributed by atoms with van der Waals surface area (Å²) in [4.78, 5) is 11.9. The zero-order chi connectivity index (χ0) is 13.3. The number of aromatic nitrogens is 3. The number of halogens is 1. The van der Waals surface area contributed by atoms with E-state index in [0.29, 0.717) is 23.1 Å². The summed E-state index contributed by atoms with van der Waals surface area (Å²) in [5.41, 5.74) is 7.07. The molecule has 2 aromatic heterocycles. The Labute approximate surface area is 109 Å². The first kappa shape index (κ1) is 12.5. The first-order chi connectivity index (χ1) is 8.49. The van der Waals surface area contributed by atoms with E-state index in [1.165, 1.54) is 0 Å². The predicted molar refractivity (Wildman–Crippen MR) is 69.2 cm³/mol. The second kappa shape index (κ2) is 4.73. The Kier molecular flexibility index (Phi) is 3.29. The van der Waals surface area contributed by atoms with Crippen LogP contribution in [0.1, 0.15) is 16.1 Å². The van der Waals surface area contributed by atoms with Crippen molar-refractivity contribution in [3.63, 3.8) is 0 Å². The molecular weight excluding hydrogens is 254 g/mol. The van der Waals surface area contributed by atoms with E-state index < -0.39 is 0 Å². The molecule has 0 bridgehead atoms. The number of carbonyl (C=O) groups is 1. The van der Waals surface area contributed by atoms with Crippen LogP contribution in [0.25, 0.3) is 0 Å². The highest BCUT2D eigenvalue weighted by Gasteiger charge is 2.12. The largest absolute Gasteiger partial charge is 0.384 e. The maximum Gasteiger partial charge on any atom is 0.268 e. The van der Waals surface area contributed by atoms with Crippen LogP contribution in [0.5, 0.6) is 0 Å². The van der Waals surface area contributed by atoms with Crippen molar-refractivity contribution in [2.24, 2.45) is 14.1 Å². The molecule has 0 saturated carbocycles. The number of hydrogen-bond acceptors (Lipinski definition) is 3. The number of nitrogens with zero attached hydrogens (tertiary/aromatic N) is 3. The fourth-order valence-electron chi connectivity index (χ4n) is 1.64. The highest BCUT2D eigenvalue weighted by atomic mass is 35.5. The van der Waals surface area contributed by atoms with Crippen LogP contribution in [-0.4, -0.2) is 20.3 Å². The third kappa shape index (κ3) is 2.33. The van der Waals surface area contributed by atoms with Crippen molar-refractivity contribution in [3.8, 4) is 0 Å². The number of nitrogen functional groups attached to an aromatic ring is 1. The molecule has 0 unspecified atom stereocenters. The highest BCUT2D eigenvalue weighted by Crippen LogP contribution is 2.13. The summed E-state index contributed by atoms with van der Waals surface area (Å²) >= 11 is 5.82. The summed E-state index contributed by atoms with van der Waals surface area (Å²) in [6.07, 6.45) is 3.31. The molecule has 2 aromatic rings. The Balaban J connectivity index is 2.05. The molecule has 0 saturated heterocycles. The maximum absolute atomic E-state index is 11.9. The number of carbonyl (C=O) groups excluding carboxylic acids is 1. The van der Waals surface area contributed by atoms with Crippen LogP contribution < -0.4 is 11.1 Å². The molecule has 6 nitrogen and oxygen atoms in total. The van der Waals surface area contributed by atoms with Gasteiger partial charge < -0.3 is 15.6 Å². The lowest BCUT2D eigenvalue weighted by molar-refractivity contribution is 0.0943. The van der Waals surface area contributed by atoms with Crippen molar-refractivity contribution in [2.45, 2.75) is 6.54 Å². The number of anilines is 1. The van der Waals surface area contributed by atoms with E-state index in [2.05, 4.69) is 10.4 Å². The van der Waals surface area contributed by atoms with E-state index in [4.69, 9.17) is 17.3 Å². The van der Waals surface area contributed by atoms with Crippen molar-refractivity contribution in [1.82, 2.24) is 19.7 Å². The predicted octanol–water partition coefficient (Wildman–Crippen LogP) is 0.924. The van der Waals surface area contributed by atoms with Crippen molar-refractivity contribution in [3.05, 3.63) is 34.7 Å². The Bertz CT molecular complexity index is 586.